The van der Waals surface area contributed by atoms with Crippen molar-refractivity contribution in [3.63, 3.8) is 0 Å². The van der Waals surface area contributed by atoms with Gasteiger partial charge in [-0.1, -0.05) is 92.8 Å². The second-order valence-electron chi connectivity index (χ2n) is 15.4. The topological polar surface area (TPSA) is 245 Å². The number of hydrogen-bond donors (Lipinski definition) is 8. The molecule has 0 spiro atoms. The first-order valence-corrected chi connectivity index (χ1v) is 19.5. The number of carbonyl (C=O) groups is 2. The van der Waals surface area contributed by atoms with Crippen molar-refractivity contribution in [2.45, 2.75) is 137 Å². The molecule has 0 aromatic heterocycles. The fourth-order valence-electron chi connectivity index (χ4n) is 8.31. The van der Waals surface area contributed by atoms with Crippen molar-refractivity contribution in [2.75, 3.05) is 19.7 Å². The number of amides is 1. The minimum absolute atomic E-state index is 0.0696. The first kappa shape index (κ1) is 42.5. The SMILES string of the molecule is CC1OC(OC2C(O)CN(C(=O)C(c3ccccc3)c3ccccc3)CC2OC2OC(CO)C(O)C(O[C@@H](CC3CCCCC3)C(=O)O)C2O)C(O)C(O)C1O. The van der Waals surface area contributed by atoms with E-state index in [1.165, 1.54) is 11.8 Å². The lowest BCUT2D eigenvalue weighted by atomic mass is 9.85. The van der Waals surface area contributed by atoms with E-state index in [9.17, 15) is 50.4 Å². The Morgan fingerprint density at radius 1 is 0.750 bits per heavy atom. The van der Waals surface area contributed by atoms with E-state index in [-0.39, 0.29) is 25.4 Å². The maximum absolute atomic E-state index is 14.5. The number of aliphatic carboxylic acids is 1. The lowest BCUT2D eigenvalue weighted by Gasteiger charge is -2.48. The quantitative estimate of drug-likeness (QED) is 0.132. The first-order chi connectivity index (χ1) is 26.9. The molecule has 4 fully saturated rings. The van der Waals surface area contributed by atoms with Crippen LogP contribution >= 0.6 is 0 Å². The molecule has 56 heavy (non-hydrogen) atoms. The van der Waals surface area contributed by atoms with Crippen LogP contribution in [0.4, 0.5) is 0 Å². The van der Waals surface area contributed by atoms with Crippen LogP contribution in [-0.2, 0) is 33.3 Å². The summed E-state index contributed by atoms with van der Waals surface area (Å²) in [5.74, 6) is -2.42. The molecule has 8 N–H and O–H groups in total. The number of aliphatic hydroxyl groups excluding tert-OH is 7. The van der Waals surface area contributed by atoms with Crippen LogP contribution in [0.2, 0.25) is 0 Å². The minimum atomic E-state index is -1.83. The lowest BCUT2D eigenvalue weighted by molar-refractivity contribution is -0.352. The lowest BCUT2D eigenvalue weighted by Crippen LogP contribution is -2.66. The zero-order chi connectivity index (χ0) is 40.1. The van der Waals surface area contributed by atoms with Crippen molar-refractivity contribution < 1.29 is 74.1 Å². The van der Waals surface area contributed by atoms with Crippen molar-refractivity contribution in [2.24, 2.45) is 5.92 Å². The van der Waals surface area contributed by atoms with Crippen molar-refractivity contribution in [3.8, 4) is 0 Å². The van der Waals surface area contributed by atoms with Gasteiger partial charge in [0.2, 0.25) is 5.91 Å². The van der Waals surface area contributed by atoms with E-state index < -0.39 is 110 Å². The van der Waals surface area contributed by atoms with Gasteiger partial charge < -0.3 is 69.4 Å². The summed E-state index contributed by atoms with van der Waals surface area (Å²) in [7, 11) is 0. The Balaban J connectivity index is 1.29. The van der Waals surface area contributed by atoms with Crippen LogP contribution in [0.3, 0.4) is 0 Å². The molecule has 14 atom stereocenters. The maximum Gasteiger partial charge on any atom is 0.332 e. The van der Waals surface area contributed by atoms with E-state index in [0.717, 1.165) is 32.1 Å². The fraction of sp³-hybridized carbons (Fsp3) is 0.650. The molecule has 1 aliphatic carbocycles. The maximum atomic E-state index is 14.5. The van der Waals surface area contributed by atoms with Crippen molar-refractivity contribution in [3.05, 3.63) is 71.8 Å². The molecule has 16 heteroatoms. The monoisotopic (exact) mass is 789 g/mol. The van der Waals surface area contributed by atoms with Crippen LogP contribution in [0.15, 0.2) is 60.7 Å². The van der Waals surface area contributed by atoms with Gasteiger partial charge >= 0.3 is 5.97 Å². The average molecular weight is 790 g/mol. The highest BCUT2D eigenvalue weighted by Crippen LogP contribution is 2.35. The molecule has 16 nitrogen and oxygen atoms in total. The summed E-state index contributed by atoms with van der Waals surface area (Å²) in [4.78, 5) is 28.3. The third-order valence-corrected chi connectivity index (χ3v) is 11.5. The molecule has 2 aromatic rings. The van der Waals surface area contributed by atoms with E-state index in [2.05, 4.69) is 0 Å². The van der Waals surface area contributed by atoms with Gasteiger partial charge in [-0.3, -0.25) is 4.79 Å². The number of piperidine rings is 1. The van der Waals surface area contributed by atoms with E-state index in [4.69, 9.17) is 23.7 Å². The van der Waals surface area contributed by atoms with Gasteiger partial charge in [-0.05, 0) is 30.4 Å². The molecule has 310 valence electrons. The van der Waals surface area contributed by atoms with E-state index in [1.54, 1.807) is 24.3 Å². The minimum Gasteiger partial charge on any atom is -0.479 e. The average Bonchev–Trinajstić information content (AvgIpc) is 3.20. The van der Waals surface area contributed by atoms with Gasteiger partial charge in [0.25, 0.3) is 0 Å². The zero-order valence-electron chi connectivity index (χ0n) is 31.3. The molecule has 6 rings (SSSR count). The summed E-state index contributed by atoms with van der Waals surface area (Å²) < 4.78 is 29.8. The number of likely N-dealkylation sites (tertiary alicyclic amines) is 1. The van der Waals surface area contributed by atoms with E-state index >= 15 is 0 Å². The van der Waals surface area contributed by atoms with Gasteiger partial charge in [0, 0.05) is 13.1 Å². The highest BCUT2D eigenvalue weighted by molar-refractivity contribution is 5.87. The molecule has 13 unspecified atom stereocenters. The summed E-state index contributed by atoms with van der Waals surface area (Å²) in [5, 5.41) is 86.3. The third kappa shape index (κ3) is 9.60. The summed E-state index contributed by atoms with van der Waals surface area (Å²) >= 11 is 0. The number of benzene rings is 2. The predicted octanol–water partition coefficient (Wildman–Crippen LogP) is -0.133. The summed E-state index contributed by atoms with van der Waals surface area (Å²) in [6.07, 6.45) is -16.6. The number of aliphatic hydroxyl groups is 7. The van der Waals surface area contributed by atoms with Crippen LogP contribution in [0, 0.1) is 5.92 Å². The second-order valence-corrected chi connectivity index (χ2v) is 15.4. The third-order valence-electron chi connectivity index (χ3n) is 11.5. The van der Waals surface area contributed by atoms with Gasteiger partial charge in [0.15, 0.2) is 18.7 Å². The molecule has 1 amide bonds. The Bertz CT molecular complexity index is 1510. The van der Waals surface area contributed by atoms with Crippen LogP contribution in [0.5, 0.6) is 0 Å². The summed E-state index contributed by atoms with van der Waals surface area (Å²) in [5.41, 5.74) is 1.36. The molecular weight excluding hydrogens is 734 g/mol. The molecule has 0 radical (unpaired) electrons. The fourth-order valence-corrected chi connectivity index (χ4v) is 8.31. The molecule has 4 aliphatic rings. The Hall–Kier alpha value is -3.10. The van der Waals surface area contributed by atoms with Gasteiger partial charge in [0.1, 0.15) is 61.0 Å². The molecule has 3 heterocycles. The molecular formula is C40H55NO15. The molecule has 1 saturated carbocycles. The number of β-amino-alcohol motifs (C(OH)–C–C–N with tert-alkyl or cyclic N) is 1. The van der Waals surface area contributed by atoms with Crippen molar-refractivity contribution in [1.29, 1.82) is 0 Å². The number of carbonyl (C=O) groups excluding carboxylic acids is 1. The number of nitrogens with zero attached hydrogens (tertiary/aromatic N) is 1. The molecule has 0 bridgehead atoms. The van der Waals surface area contributed by atoms with Gasteiger partial charge in [0.05, 0.1) is 18.6 Å². The van der Waals surface area contributed by atoms with E-state index in [0.29, 0.717) is 11.1 Å². The Morgan fingerprint density at radius 2 is 1.36 bits per heavy atom. The highest BCUT2D eigenvalue weighted by Gasteiger charge is 2.52. The van der Waals surface area contributed by atoms with Crippen LogP contribution in [0.25, 0.3) is 0 Å². The highest BCUT2D eigenvalue weighted by atomic mass is 16.7. The zero-order valence-corrected chi connectivity index (χ0v) is 31.3. The van der Waals surface area contributed by atoms with Gasteiger partial charge in [-0.2, -0.15) is 0 Å². The van der Waals surface area contributed by atoms with Crippen molar-refractivity contribution >= 4 is 11.9 Å². The summed E-state index contributed by atoms with van der Waals surface area (Å²) in [6.45, 7) is 0.148. The summed E-state index contributed by atoms with van der Waals surface area (Å²) in [6, 6.07) is 18.1. The Labute approximate surface area is 325 Å². The number of carboxylic acid groups (broad SMARTS) is 1. The number of rotatable bonds is 13. The van der Waals surface area contributed by atoms with Crippen molar-refractivity contribution in [1.82, 2.24) is 4.90 Å². The largest absolute Gasteiger partial charge is 0.479 e. The van der Waals surface area contributed by atoms with Gasteiger partial charge in [-0.15, -0.1) is 0 Å². The van der Waals surface area contributed by atoms with Crippen LogP contribution in [-0.4, -0.2) is 163 Å². The smallest absolute Gasteiger partial charge is 0.332 e. The molecule has 2 aromatic carbocycles. The van der Waals surface area contributed by atoms with Gasteiger partial charge in [-0.25, -0.2) is 4.79 Å². The Morgan fingerprint density at radius 3 is 1.95 bits per heavy atom. The standard InChI is InChI=1S/C40H55NO15/c1-21-30(44)32(46)33(47)39(52-21)56-35-25(43)18-41(37(49)29(23-13-7-3-8-14-23)24-15-9-4-10-16-24)19-27(35)54-40-34(48)36(31(45)28(20-42)55-40)53-26(38(50)51)17-22-11-5-2-6-12-22/h3-4,7-10,13-16,21-22,25-36,39-40,42-48H,2,5-6,11-12,17-20H2,1H3,(H,50,51)/t21?,25?,26-,27?,28?,30?,31?,32?,33?,34?,35?,36?,39?,40?/m0/s1. The number of hydrogen-bond acceptors (Lipinski definition) is 14. The molecule has 3 aliphatic heterocycles. The second kappa shape index (κ2) is 19.1. The van der Waals surface area contributed by atoms with E-state index in [1.807, 2.05) is 36.4 Å². The number of carboxylic acids is 1. The first-order valence-electron chi connectivity index (χ1n) is 19.5. The number of ether oxygens (including phenoxy) is 5. The van der Waals surface area contributed by atoms with Crippen LogP contribution in [0.1, 0.15) is 62.5 Å². The normalized spacial score (nSPS) is 36.3. The predicted molar refractivity (Wildman–Crippen MR) is 195 cm³/mol. The molecule has 3 saturated heterocycles. The van der Waals surface area contributed by atoms with Crippen LogP contribution < -0.4 is 0 Å². The Kier molecular flexibility index (Phi) is 14.5.